The van der Waals surface area contributed by atoms with Crippen molar-refractivity contribution in [1.82, 2.24) is 25.6 Å². The van der Waals surface area contributed by atoms with Gasteiger partial charge in [0.25, 0.3) is 0 Å². The van der Waals surface area contributed by atoms with Crippen LogP contribution < -0.4 is 10.6 Å². The van der Waals surface area contributed by atoms with Gasteiger partial charge in [0.1, 0.15) is 5.76 Å². The molecule has 8 heteroatoms. The number of nitrogens with zero attached hydrogens (tertiary/aromatic N) is 3. The Labute approximate surface area is 136 Å². The van der Waals surface area contributed by atoms with E-state index in [0.29, 0.717) is 45.8 Å². The average molecular weight is 323 g/mol. The number of hydrogen-bond donors (Lipinski definition) is 2. The maximum atomic E-state index is 12.2. The van der Waals surface area contributed by atoms with E-state index in [1.807, 2.05) is 20.8 Å². The highest BCUT2D eigenvalue weighted by Crippen LogP contribution is 2.11. The number of rotatable bonds is 5. The van der Waals surface area contributed by atoms with Gasteiger partial charge in [-0.1, -0.05) is 5.16 Å². The largest absolute Gasteiger partial charge is 0.361 e. The summed E-state index contributed by atoms with van der Waals surface area (Å²) < 4.78 is 5.08. The van der Waals surface area contributed by atoms with Gasteiger partial charge in [0.15, 0.2) is 0 Å². The summed E-state index contributed by atoms with van der Waals surface area (Å²) in [5.74, 6) is 0.762. The molecule has 1 aromatic heterocycles. The molecule has 2 heterocycles. The molecule has 2 rings (SSSR count). The van der Waals surface area contributed by atoms with Gasteiger partial charge in [0.2, 0.25) is 5.91 Å². The number of piperazine rings is 1. The van der Waals surface area contributed by atoms with E-state index in [4.69, 9.17) is 4.52 Å². The zero-order valence-corrected chi connectivity index (χ0v) is 14.0. The predicted octanol–water partition coefficient (Wildman–Crippen LogP) is 0.255. The van der Waals surface area contributed by atoms with Crippen molar-refractivity contribution >= 4 is 11.9 Å². The molecule has 0 saturated carbocycles. The van der Waals surface area contributed by atoms with Crippen LogP contribution in [0.2, 0.25) is 0 Å². The minimum atomic E-state index is -0.0948. The van der Waals surface area contributed by atoms with E-state index in [9.17, 15) is 9.59 Å². The Morgan fingerprint density at radius 3 is 2.43 bits per heavy atom. The minimum absolute atomic E-state index is 0.0313. The summed E-state index contributed by atoms with van der Waals surface area (Å²) in [6.45, 7) is 9.69. The molecular weight excluding hydrogens is 298 g/mol. The molecule has 0 aliphatic carbocycles. The monoisotopic (exact) mass is 323 g/mol. The van der Waals surface area contributed by atoms with Crippen molar-refractivity contribution in [1.29, 1.82) is 0 Å². The van der Waals surface area contributed by atoms with E-state index in [2.05, 4.69) is 20.7 Å². The van der Waals surface area contributed by atoms with Crippen LogP contribution in [0.15, 0.2) is 4.52 Å². The number of likely N-dealkylation sites (N-methyl/N-ethyl adjacent to an activating group) is 1. The quantitative estimate of drug-likeness (QED) is 0.811. The van der Waals surface area contributed by atoms with Crippen LogP contribution in [-0.4, -0.2) is 66.2 Å². The molecule has 0 bridgehead atoms. The van der Waals surface area contributed by atoms with Gasteiger partial charge in [-0.3, -0.25) is 9.69 Å². The summed E-state index contributed by atoms with van der Waals surface area (Å²) in [6, 6.07) is -0.0948. The molecule has 0 radical (unpaired) electrons. The maximum absolute atomic E-state index is 12.2. The van der Waals surface area contributed by atoms with Gasteiger partial charge < -0.3 is 20.1 Å². The van der Waals surface area contributed by atoms with Crippen molar-refractivity contribution in [2.75, 3.05) is 39.3 Å². The third-order valence-corrected chi connectivity index (χ3v) is 4.00. The Kier molecular flexibility index (Phi) is 5.97. The molecule has 0 spiro atoms. The molecule has 0 unspecified atom stereocenters. The van der Waals surface area contributed by atoms with Crippen molar-refractivity contribution in [3.63, 3.8) is 0 Å². The SMILES string of the molecule is CCNC(=O)CN1CCN(C(=O)NCc2c(C)noc2C)CC1. The van der Waals surface area contributed by atoms with E-state index in [1.54, 1.807) is 4.90 Å². The van der Waals surface area contributed by atoms with Crippen molar-refractivity contribution in [3.8, 4) is 0 Å². The van der Waals surface area contributed by atoms with Gasteiger partial charge in [0, 0.05) is 44.8 Å². The lowest BCUT2D eigenvalue weighted by atomic mass is 10.2. The zero-order chi connectivity index (χ0) is 16.8. The molecule has 0 aromatic carbocycles. The molecule has 1 fully saturated rings. The Morgan fingerprint density at radius 1 is 1.17 bits per heavy atom. The second-order valence-electron chi connectivity index (χ2n) is 5.68. The molecule has 1 aliphatic rings. The Balaban J connectivity index is 1.74. The first-order chi connectivity index (χ1) is 11.0. The standard InChI is InChI=1S/C15H25N5O3/c1-4-16-14(21)10-19-5-7-20(8-6-19)15(22)17-9-13-11(2)18-23-12(13)3/h4-10H2,1-3H3,(H,16,21)(H,17,22). The van der Waals surface area contributed by atoms with Crippen molar-refractivity contribution in [3.05, 3.63) is 17.0 Å². The summed E-state index contributed by atoms with van der Waals surface area (Å²) in [6.07, 6.45) is 0. The zero-order valence-electron chi connectivity index (χ0n) is 14.0. The normalized spacial score (nSPS) is 15.5. The topological polar surface area (TPSA) is 90.7 Å². The van der Waals surface area contributed by atoms with Crippen LogP contribution in [0.25, 0.3) is 0 Å². The smallest absolute Gasteiger partial charge is 0.317 e. The molecule has 1 aromatic rings. The summed E-state index contributed by atoms with van der Waals surface area (Å²) in [7, 11) is 0. The Hall–Kier alpha value is -2.09. The molecule has 23 heavy (non-hydrogen) atoms. The summed E-state index contributed by atoms with van der Waals surface area (Å²) in [4.78, 5) is 27.6. The molecule has 1 saturated heterocycles. The lowest BCUT2D eigenvalue weighted by Crippen LogP contribution is -2.53. The van der Waals surface area contributed by atoms with Crippen molar-refractivity contribution in [2.45, 2.75) is 27.3 Å². The number of aromatic nitrogens is 1. The first-order valence-electron chi connectivity index (χ1n) is 7.94. The molecule has 2 N–H and O–H groups in total. The lowest BCUT2D eigenvalue weighted by molar-refractivity contribution is -0.122. The second-order valence-corrected chi connectivity index (χ2v) is 5.68. The van der Waals surface area contributed by atoms with E-state index < -0.39 is 0 Å². The molecule has 0 atom stereocenters. The maximum Gasteiger partial charge on any atom is 0.317 e. The van der Waals surface area contributed by atoms with Gasteiger partial charge in [0.05, 0.1) is 12.2 Å². The van der Waals surface area contributed by atoms with Crippen molar-refractivity contribution < 1.29 is 14.1 Å². The fraction of sp³-hybridized carbons (Fsp3) is 0.667. The van der Waals surface area contributed by atoms with Crippen molar-refractivity contribution in [2.24, 2.45) is 0 Å². The van der Waals surface area contributed by atoms with Crippen LogP contribution in [0.5, 0.6) is 0 Å². The molecular formula is C15H25N5O3. The van der Waals surface area contributed by atoms with Crippen LogP contribution >= 0.6 is 0 Å². The molecule has 128 valence electrons. The third kappa shape index (κ3) is 4.69. The van der Waals surface area contributed by atoms with Gasteiger partial charge in [-0.2, -0.15) is 0 Å². The first-order valence-corrected chi connectivity index (χ1v) is 7.94. The van der Waals surface area contributed by atoms with E-state index >= 15 is 0 Å². The van der Waals surface area contributed by atoms with Gasteiger partial charge in [-0.25, -0.2) is 4.79 Å². The number of urea groups is 1. The minimum Gasteiger partial charge on any atom is -0.361 e. The van der Waals surface area contributed by atoms with E-state index in [1.165, 1.54) is 0 Å². The molecule has 8 nitrogen and oxygen atoms in total. The Bertz CT molecular complexity index is 530. The predicted molar refractivity (Wildman–Crippen MR) is 84.9 cm³/mol. The highest BCUT2D eigenvalue weighted by atomic mass is 16.5. The lowest BCUT2D eigenvalue weighted by Gasteiger charge is -2.34. The number of aryl methyl sites for hydroxylation is 2. The van der Waals surface area contributed by atoms with Crippen LogP contribution in [0.1, 0.15) is 23.9 Å². The number of amides is 3. The van der Waals surface area contributed by atoms with Crippen LogP contribution in [0.3, 0.4) is 0 Å². The second kappa shape index (κ2) is 7.96. The fourth-order valence-corrected chi connectivity index (χ4v) is 2.60. The summed E-state index contributed by atoms with van der Waals surface area (Å²) in [5.41, 5.74) is 1.72. The number of nitrogens with one attached hydrogen (secondary N) is 2. The number of carbonyl (C=O) groups excluding carboxylic acids is 2. The van der Waals surface area contributed by atoms with Gasteiger partial charge in [-0.15, -0.1) is 0 Å². The van der Waals surface area contributed by atoms with Gasteiger partial charge >= 0.3 is 6.03 Å². The molecule has 3 amide bonds. The summed E-state index contributed by atoms with van der Waals surface area (Å²) in [5, 5.41) is 9.56. The summed E-state index contributed by atoms with van der Waals surface area (Å²) >= 11 is 0. The van der Waals surface area contributed by atoms with E-state index in [0.717, 1.165) is 17.0 Å². The first kappa shape index (κ1) is 17.3. The van der Waals surface area contributed by atoms with Crippen LogP contribution in [0, 0.1) is 13.8 Å². The third-order valence-electron chi connectivity index (χ3n) is 4.00. The number of carbonyl (C=O) groups is 2. The highest BCUT2D eigenvalue weighted by molar-refractivity contribution is 5.78. The van der Waals surface area contributed by atoms with Crippen LogP contribution in [-0.2, 0) is 11.3 Å². The molecule has 1 aliphatic heterocycles. The fourth-order valence-electron chi connectivity index (χ4n) is 2.60. The van der Waals surface area contributed by atoms with Crippen LogP contribution in [0.4, 0.5) is 4.79 Å². The Morgan fingerprint density at radius 2 is 1.87 bits per heavy atom. The average Bonchev–Trinajstić information content (AvgIpc) is 2.84. The number of hydrogen-bond acceptors (Lipinski definition) is 5. The highest BCUT2D eigenvalue weighted by Gasteiger charge is 2.22. The van der Waals surface area contributed by atoms with Gasteiger partial charge in [-0.05, 0) is 20.8 Å². The van der Waals surface area contributed by atoms with E-state index in [-0.39, 0.29) is 11.9 Å².